The molecule has 24 heavy (non-hydrogen) atoms. The van der Waals surface area contributed by atoms with Gasteiger partial charge in [-0.05, 0) is 29.5 Å². The van der Waals surface area contributed by atoms with Crippen LogP contribution in [-0.4, -0.2) is 34.1 Å². The molecule has 0 bridgehead atoms. The standard InChI is InChI=1S/C15H20N2O4S3/c1-2-3-10-23(18,19)17-12-14(13-6-4-8-16-11-13)24(20,21)15-7-5-9-22-15/h4-9,11,14,17H,2-3,10,12H2,1H3/t14-/m1/s1. The smallest absolute Gasteiger partial charge is 0.211 e. The molecule has 9 heteroatoms. The molecule has 0 radical (unpaired) electrons. The molecule has 1 atom stereocenters. The summed E-state index contributed by atoms with van der Waals surface area (Å²) in [6.45, 7) is 1.69. The van der Waals surface area contributed by atoms with E-state index in [2.05, 4.69) is 9.71 Å². The second-order valence-electron chi connectivity index (χ2n) is 5.27. The molecular weight excluding hydrogens is 368 g/mol. The average Bonchev–Trinajstić information content (AvgIpc) is 3.09. The van der Waals surface area contributed by atoms with Gasteiger partial charge in [0.1, 0.15) is 9.46 Å². The number of rotatable bonds is 9. The summed E-state index contributed by atoms with van der Waals surface area (Å²) >= 11 is 1.11. The van der Waals surface area contributed by atoms with Crippen LogP contribution in [0.2, 0.25) is 0 Å². The average molecular weight is 389 g/mol. The van der Waals surface area contributed by atoms with Crippen LogP contribution in [0.1, 0.15) is 30.6 Å². The van der Waals surface area contributed by atoms with Gasteiger partial charge in [-0.3, -0.25) is 4.98 Å². The van der Waals surface area contributed by atoms with Crippen LogP contribution in [0.25, 0.3) is 0 Å². The zero-order valence-corrected chi connectivity index (χ0v) is 15.7. The molecule has 0 aliphatic rings. The maximum absolute atomic E-state index is 12.9. The summed E-state index contributed by atoms with van der Waals surface area (Å²) in [6.07, 6.45) is 4.28. The van der Waals surface area contributed by atoms with E-state index >= 15 is 0 Å². The Labute approximate surface area is 146 Å². The van der Waals surface area contributed by atoms with Gasteiger partial charge in [-0.1, -0.05) is 25.5 Å². The molecule has 0 spiro atoms. The fourth-order valence-corrected chi connectivity index (χ4v) is 6.34. The van der Waals surface area contributed by atoms with Crippen LogP contribution in [0.5, 0.6) is 0 Å². The number of hydrogen-bond acceptors (Lipinski definition) is 6. The van der Waals surface area contributed by atoms with E-state index in [-0.39, 0.29) is 16.5 Å². The first-order valence-corrected chi connectivity index (χ1v) is 11.6. The van der Waals surface area contributed by atoms with E-state index < -0.39 is 25.1 Å². The van der Waals surface area contributed by atoms with Gasteiger partial charge >= 0.3 is 0 Å². The molecule has 0 saturated carbocycles. The predicted molar refractivity (Wildman–Crippen MR) is 95.2 cm³/mol. The number of hydrogen-bond donors (Lipinski definition) is 1. The molecule has 0 fully saturated rings. The highest BCUT2D eigenvalue weighted by atomic mass is 32.2. The quantitative estimate of drug-likeness (QED) is 0.712. The van der Waals surface area contributed by atoms with Crippen LogP contribution in [0.3, 0.4) is 0 Å². The molecule has 2 rings (SSSR count). The van der Waals surface area contributed by atoms with Crippen molar-refractivity contribution in [1.29, 1.82) is 0 Å². The highest BCUT2D eigenvalue weighted by Crippen LogP contribution is 2.30. The van der Waals surface area contributed by atoms with Crippen LogP contribution in [0.4, 0.5) is 0 Å². The molecule has 0 aliphatic carbocycles. The first kappa shape index (κ1) is 19.0. The summed E-state index contributed by atoms with van der Waals surface area (Å²) in [5, 5.41) is 0.666. The number of unbranched alkanes of at least 4 members (excludes halogenated alkanes) is 1. The van der Waals surface area contributed by atoms with Gasteiger partial charge in [-0.15, -0.1) is 11.3 Å². The number of nitrogens with zero attached hydrogens (tertiary/aromatic N) is 1. The minimum Gasteiger partial charge on any atom is -0.264 e. The van der Waals surface area contributed by atoms with Crippen molar-refractivity contribution < 1.29 is 16.8 Å². The van der Waals surface area contributed by atoms with E-state index in [1.54, 1.807) is 29.8 Å². The van der Waals surface area contributed by atoms with Crippen molar-refractivity contribution in [3.05, 3.63) is 47.6 Å². The Morgan fingerprint density at radius 3 is 2.58 bits per heavy atom. The molecule has 6 nitrogen and oxygen atoms in total. The lowest BCUT2D eigenvalue weighted by molar-refractivity contribution is 0.567. The SMILES string of the molecule is CCCCS(=O)(=O)NC[C@H](c1cccnc1)S(=O)(=O)c1cccs1. The van der Waals surface area contributed by atoms with Gasteiger partial charge in [0.25, 0.3) is 0 Å². The van der Waals surface area contributed by atoms with Crippen molar-refractivity contribution in [2.24, 2.45) is 0 Å². The molecule has 1 N–H and O–H groups in total. The maximum Gasteiger partial charge on any atom is 0.211 e. The van der Waals surface area contributed by atoms with Crippen molar-refractivity contribution in [2.45, 2.75) is 29.2 Å². The Balaban J connectivity index is 2.29. The molecule has 0 unspecified atom stereocenters. The minimum atomic E-state index is -3.70. The van der Waals surface area contributed by atoms with E-state index in [9.17, 15) is 16.8 Å². The topological polar surface area (TPSA) is 93.2 Å². The third-order valence-electron chi connectivity index (χ3n) is 3.46. The van der Waals surface area contributed by atoms with Gasteiger partial charge in [0.05, 0.1) is 5.75 Å². The van der Waals surface area contributed by atoms with Crippen molar-refractivity contribution in [1.82, 2.24) is 9.71 Å². The monoisotopic (exact) mass is 388 g/mol. The first-order chi connectivity index (χ1) is 11.4. The predicted octanol–water partition coefficient (Wildman–Crippen LogP) is 2.38. The van der Waals surface area contributed by atoms with Gasteiger partial charge in [0, 0.05) is 18.9 Å². The van der Waals surface area contributed by atoms with Crippen LogP contribution < -0.4 is 4.72 Å². The van der Waals surface area contributed by atoms with Crippen molar-refractivity contribution in [3.63, 3.8) is 0 Å². The fraction of sp³-hybridized carbons (Fsp3) is 0.400. The summed E-state index contributed by atoms with van der Waals surface area (Å²) in [7, 11) is -7.21. The van der Waals surface area contributed by atoms with Crippen LogP contribution in [-0.2, 0) is 19.9 Å². The summed E-state index contributed by atoms with van der Waals surface area (Å²) in [5.74, 6) is -0.0116. The lowest BCUT2D eigenvalue weighted by Crippen LogP contribution is -2.33. The third kappa shape index (κ3) is 4.85. The Bertz CT molecular complexity index is 832. The molecule has 132 valence electrons. The number of sulfone groups is 1. The van der Waals surface area contributed by atoms with E-state index in [1.807, 2.05) is 6.92 Å². The van der Waals surface area contributed by atoms with Gasteiger partial charge in [-0.25, -0.2) is 21.6 Å². The van der Waals surface area contributed by atoms with E-state index in [1.165, 1.54) is 12.3 Å². The van der Waals surface area contributed by atoms with Crippen molar-refractivity contribution in [2.75, 3.05) is 12.3 Å². The summed E-state index contributed by atoms with van der Waals surface area (Å²) < 4.78 is 52.4. The molecule has 0 aliphatic heterocycles. The number of thiophene rings is 1. The van der Waals surface area contributed by atoms with Gasteiger partial charge < -0.3 is 0 Å². The van der Waals surface area contributed by atoms with E-state index in [0.717, 1.165) is 17.8 Å². The first-order valence-electron chi connectivity index (χ1n) is 7.51. The number of aromatic nitrogens is 1. The Hall–Kier alpha value is -1.29. The van der Waals surface area contributed by atoms with Crippen molar-refractivity contribution in [3.8, 4) is 0 Å². The zero-order chi connectivity index (χ0) is 17.6. The number of nitrogens with one attached hydrogen (secondary N) is 1. The van der Waals surface area contributed by atoms with E-state index in [4.69, 9.17) is 0 Å². The molecule has 2 aromatic heterocycles. The molecule has 0 aromatic carbocycles. The van der Waals surface area contributed by atoms with Gasteiger partial charge in [-0.2, -0.15) is 0 Å². The van der Waals surface area contributed by atoms with Gasteiger partial charge in [0.2, 0.25) is 10.0 Å². The fourth-order valence-electron chi connectivity index (χ4n) is 2.15. The second kappa shape index (κ2) is 8.19. The Kier molecular flexibility index (Phi) is 6.50. The van der Waals surface area contributed by atoms with Crippen molar-refractivity contribution >= 4 is 31.2 Å². The highest BCUT2D eigenvalue weighted by Gasteiger charge is 2.31. The Morgan fingerprint density at radius 2 is 2.00 bits per heavy atom. The molecule has 0 saturated heterocycles. The third-order valence-corrected chi connectivity index (χ3v) is 8.43. The summed E-state index contributed by atoms with van der Waals surface area (Å²) in [4.78, 5) is 3.96. The maximum atomic E-state index is 12.9. The largest absolute Gasteiger partial charge is 0.264 e. The normalized spacial score (nSPS) is 13.7. The van der Waals surface area contributed by atoms with Gasteiger partial charge in [0.15, 0.2) is 9.84 Å². The Morgan fingerprint density at radius 1 is 1.21 bits per heavy atom. The minimum absolute atomic E-state index is 0.0116. The second-order valence-corrected chi connectivity index (χ2v) is 10.5. The van der Waals surface area contributed by atoms with E-state index in [0.29, 0.717) is 12.0 Å². The van der Waals surface area contributed by atoms with Crippen LogP contribution in [0, 0.1) is 0 Å². The summed E-state index contributed by atoms with van der Waals surface area (Å²) in [6, 6.07) is 6.46. The van der Waals surface area contributed by atoms with Crippen LogP contribution >= 0.6 is 11.3 Å². The molecule has 0 amide bonds. The van der Waals surface area contributed by atoms with Crippen LogP contribution in [0.15, 0.2) is 46.2 Å². The highest BCUT2D eigenvalue weighted by molar-refractivity contribution is 7.93. The zero-order valence-electron chi connectivity index (χ0n) is 13.3. The lowest BCUT2D eigenvalue weighted by Gasteiger charge is -2.17. The summed E-state index contributed by atoms with van der Waals surface area (Å²) in [5.41, 5.74) is 0.462. The molecule has 2 aromatic rings. The number of sulfonamides is 1. The molecular formula is C15H20N2O4S3. The lowest BCUT2D eigenvalue weighted by atomic mass is 10.2. The molecule has 2 heterocycles. The number of pyridine rings is 1.